The minimum absolute atomic E-state index is 0.597. The van der Waals surface area contributed by atoms with E-state index in [1.165, 1.54) is 0 Å². The molecule has 0 radical (unpaired) electrons. The topological polar surface area (TPSA) is 74.4 Å². The highest BCUT2D eigenvalue weighted by atomic mass is 32.2. The molecule has 0 fully saturated rings. The van der Waals surface area contributed by atoms with E-state index in [2.05, 4.69) is 27.4 Å². The summed E-state index contributed by atoms with van der Waals surface area (Å²) in [6.07, 6.45) is 0. The van der Waals surface area contributed by atoms with Crippen molar-refractivity contribution in [3.8, 4) is 22.1 Å². The first-order valence-corrected chi connectivity index (χ1v) is 11.5. The van der Waals surface area contributed by atoms with Gasteiger partial charge in [-0.15, -0.1) is 16.4 Å². The molecule has 0 aliphatic carbocycles. The van der Waals surface area contributed by atoms with Crippen LogP contribution in [0.4, 0.5) is 0 Å². The van der Waals surface area contributed by atoms with Crippen molar-refractivity contribution in [3.63, 3.8) is 0 Å². The molecular formula is C21H23N5O2S2. The molecule has 0 aliphatic heterocycles. The fourth-order valence-electron chi connectivity index (χ4n) is 3.02. The Kier molecular flexibility index (Phi) is 5.92. The number of ether oxygens (including phenoxy) is 2. The van der Waals surface area contributed by atoms with Crippen LogP contribution in [0.2, 0.25) is 0 Å². The summed E-state index contributed by atoms with van der Waals surface area (Å²) in [7, 11) is 1.65. The van der Waals surface area contributed by atoms with Crippen molar-refractivity contribution in [2.75, 3.05) is 13.7 Å². The quantitative estimate of drug-likeness (QED) is 0.379. The molecular weight excluding hydrogens is 418 g/mol. The van der Waals surface area contributed by atoms with Crippen LogP contribution in [0.5, 0.6) is 11.5 Å². The van der Waals surface area contributed by atoms with Crippen LogP contribution in [0.25, 0.3) is 16.3 Å². The molecule has 7 nitrogen and oxygen atoms in total. The molecule has 0 saturated heterocycles. The van der Waals surface area contributed by atoms with Crippen LogP contribution in [0, 0.1) is 20.8 Å². The van der Waals surface area contributed by atoms with Crippen LogP contribution in [0.3, 0.4) is 0 Å². The summed E-state index contributed by atoms with van der Waals surface area (Å²) in [5, 5.41) is 8.31. The van der Waals surface area contributed by atoms with Crippen LogP contribution in [-0.4, -0.2) is 38.3 Å². The van der Waals surface area contributed by atoms with Crippen LogP contribution in [0.1, 0.15) is 29.6 Å². The Bertz CT molecular complexity index is 1200. The van der Waals surface area contributed by atoms with E-state index >= 15 is 0 Å². The molecule has 0 spiro atoms. The number of aromatic nitrogens is 5. The zero-order valence-corrected chi connectivity index (χ0v) is 19.2. The summed E-state index contributed by atoms with van der Waals surface area (Å²) in [6.45, 7) is 8.64. The van der Waals surface area contributed by atoms with Gasteiger partial charge in [0.2, 0.25) is 5.16 Å². The minimum Gasteiger partial charge on any atom is -0.493 e. The molecule has 4 aromatic rings. The van der Waals surface area contributed by atoms with Crippen molar-refractivity contribution in [1.29, 1.82) is 0 Å². The maximum atomic E-state index is 5.59. The van der Waals surface area contributed by atoms with E-state index in [1.807, 2.05) is 43.5 Å². The van der Waals surface area contributed by atoms with Gasteiger partial charge in [-0.2, -0.15) is 4.98 Å². The number of nitrogens with zero attached hydrogens (tertiary/aromatic N) is 5. The number of hydrogen-bond donors (Lipinski definition) is 0. The summed E-state index contributed by atoms with van der Waals surface area (Å²) in [6, 6.07) is 5.89. The number of benzene rings is 1. The number of rotatable bonds is 7. The van der Waals surface area contributed by atoms with Crippen LogP contribution < -0.4 is 9.47 Å². The van der Waals surface area contributed by atoms with Gasteiger partial charge in [-0.3, -0.25) is 0 Å². The second-order valence-corrected chi connectivity index (χ2v) is 8.55. The Balaban J connectivity index is 1.50. The smallest absolute Gasteiger partial charge is 0.253 e. The minimum atomic E-state index is 0.597. The first-order chi connectivity index (χ1) is 14.5. The molecule has 3 heterocycles. The summed E-state index contributed by atoms with van der Waals surface area (Å²) < 4.78 is 12.9. The molecule has 30 heavy (non-hydrogen) atoms. The SMILES string of the molecule is CCOc1ccc(-c2nc(CSc3nc4nc(C)c(C)c(C)n4n3)cs2)cc1OC. The lowest BCUT2D eigenvalue weighted by Gasteiger charge is -2.09. The van der Waals surface area contributed by atoms with Gasteiger partial charge < -0.3 is 9.47 Å². The second-order valence-electron chi connectivity index (χ2n) is 6.75. The average molecular weight is 442 g/mol. The average Bonchev–Trinajstić information content (AvgIpc) is 3.38. The molecule has 0 unspecified atom stereocenters. The van der Waals surface area contributed by atoms with E-state index in [9.17, 15) is 0 Å². The van der Waals surface area contributed by atoms with Crippen LogP contribution in [-0.2, 0) is 5.75 Å². The van der Waals surface area contributed by atoms with Crippen molar-refractivity contribution < 1.29 is 9.47 Å². The van der Waals surface area contributed by atoms with Gasteiger partial charge in [0, 0.05) is 28.1 Å². The predicted octanol–water partition coefficient (Wildman–Crippen LogP) is 4.87. The number of methoxy groups -OCH3 is 1. The highest BCUT2D eigenvalue weighted by Gasteiger charge is 2.13. The van der Waals surface area contributed by atoms with Gasteiger partial charge >= 0.3 is 0 Å². The molecule has 3 aromatic heterocycles. The Morgan fingerprint density at radius 2 is 1.93 bits per heavy atom. The highest BCUT2D eigenvalue weighted by molar-refractivity contribution is 7.98. The third-order valence-electron chi connectivity index (χ3n) is 4.85. The summed E-state index contributed by atoms with van der Waals surface area (Å²) in [5.41, 5.74) is 5.19. The molecule has 9 heteroatoms. The number of hydrogen-bond acceptors (Lipinski definition) is 8. The third-order valence-corrected chi connectivity index (χ3v) is 6.66. The maximum absolute atomic E-state index is 5.59. The Hall–Kier alpha value is -2.65. The van der Waals surface area contributed by atoms with E-state index in [1.54, 1.807) is 30.2 Å². The summed E-state index contributed by atoms with van der Waals surface area (Å²) in [5.74, 6) is 2.78. The van der Waals surface area contributed by atoms with E-state index in [-0.39, 0.29) is 0 Å². The molecule has 0 saturated carbocycles. The van der Waals surface area contributed by atoms with Crippen molar-refractivity contribution in [2.24, 2.45) is 0 Å². The van der Waals surface area contributed by atoms with E-state index in [0.717, 1.165) is 39.0 Å². The molecule has 0 N–H and O–H groups in total. The van der Waals surface area contributed by atoms with Crippen molar-refractivity contribution in [1.82, 2.24) is 24.6 Å². The standard InChI is InChI=1S/C21H23N5O2S2/c1-6-28-17-8-7-15(9-18(17)27-5)19-23-16(10-29-19)11-30-21-24-20-22-13(3)12(2)14(4)26(20)25-21/h7-10H,6,11H2,1-5H3. The van der Waals surface area contributed by atoms with E-state index in [0.29, 0.717) is 29.0 Å². The van der Waals surface area contributed by atoms with Crippen molar-refractivity contribution in [2.45, 2.75) is 38.6 Å². The Morgan fingerprint density at radius 1 is 1.10 bits per heavy atom. The second kappa shape index (κ2) is 8.61. The number of thiazole rings is 1. The van der Waals surface area contributed by atoms with Crippen LogP contribution >= 0.6 is 23.1 Å². The molecule has 4 rings (SSSR count). The molecule has 1 aromatic carbocycles. The van der Waals surface area contributed by atoms with Gasteiger partial charge in [0.1, 0.15) is 5.01 Å². The first-order valence-electron chi connectivity index (χ1n) is 9.59. The number of fused-ring (bicyclic) bond motifs is 1. The molecule has 0 aliphatic rings. The number of thioether (sulfide) groups is 1. The fraction of sp³-hybridized carbons (Fsp3) is 0.333. The third kappa shape index (κ3) is 3.99. The van der Waals surface area contributed by atoms with Gasteiger partial charge in [0.25, 0.3) is 5.78 Å². The molecule has 0 bridgehead atoms. The molecule has 156 valence electrons. The monoisotopic (exact) mass is 441 g/mol. The van der Waals surface area contributed by atoms with Gasteiger partial charge in [0.05, 0.1) is 19.4 Å². The highest BCUT2D eigenvalue weighted by Crippen LogP contribution is 2.34. The first kappa shape index (κ1) is 20.6. The normalized spacial score (nSPS) is 11.2. The van der Waals surface area contributed by atoms with Crippen LogP contribution in [0.15, 0.2) is 28.7 Å². The number of aryl methyl sites for hydroxylation is 2. The van der Waals surface area contributed by atoms with Gasteiger partial charge in [-0.25, -0.2) is 14.5 Å². The fourth-order valence-corrected chi connectivity index (χ4v) is 4.65. The van der Waals surface area contributed by atoms with E-state index < -0.39 is 0 Å². The maximum Gasteiger partial charge on any atom is 0.253 e. The molecule has 0 atom stereocenters. The summed E-state index contributed by atoms with van der Waals surface area (Å²) >= 11 is 3.17. The van der Waals surface area contributed by atoms with Crippen molar-refractivity contribution in [3.05, 3.63) is 46.2 Å². The lowest BCUT2D eigenvalue weighted by atomic mass is 10.2. The zero-order valence-electron chi connectivity index (χ0n) is 17.6. The van der Waals surface area contributed by atoms with Gasteiger partial charge in [-0.05, 0) is 51.5 Å². The van der Waals surface area contributed by atoms with E-state index in [4.69, 9.17) is 14.5 Å². The summed E-state index contributed by atoms with van der Waals surface area (Å²) in [4.78, 5) is 13.9. The molecule has 0 amide bonds. The predicted molar refractivity (Wildman–Crippen MR) is 120 cm³/mol. The van der Waals surface area contributed by atoms with Gasteiger partial charge in [0.15, 0.2) is 11.5 Å². The Labute approximate surface area is 183 Å². The lowest BCUT2D eigenvalue weighted by Crippen LogP contribution is -2.02. The van der Waals surface area contributed by atoms with Crippen molar-refractivity contribution >= 4 is 28.9 Å². The lowest BCUT2D eigenvalue weighted by molar-refractivity contribution is 0.311. The van der Waals surface area contributed by atoms with Gasteiger partial charge in [-0.1, -0.05) is 11.8 Å². The largest absolute Gasteiger partial charge is 0.493 e. The Morgan fingerprint density at radius 3 is 2.70 bits per heavy atom. The zero-order chi connectivity index (χ0) is 21.3.